The highest BCUT2D eigenvalue weighted by molar-refractivity contribution is 6.30. The number of carbonyl (C=O) groups excluding carboxylic acids is 1. The van der Waals surface area contributed by atoms with E-state index in [1.807, 2.05) is 18.2 Å². The Bertz CT molecular complexity index is 1390. The highest BCUT2D eigenvalue weighted by Gasteiger charge is 2.28. The molecule has 2 aromatic carbocycles. The fraction of sp³-hybridized carbons (Fsp3) is 0.370. The molecule has 0 saturated carbocycles. The van der Waals surface area contributed by atoms with E-state index in [1.165, 1.54) is 7.11 Å². The summed E-state index contributed by atoms with van der Waals surface area (Å²) in [6.07, 6.45) is 2.36. The average Bonchev–Trinajstić information content (AvgIpc) is 2.92. The highest BCUT2D eigenvalue weighted by atomic mass is 35.5. The molecule has 1 aromatic heterocycles. The van der Waals surface area contributed by atoms with Gasteiger partial charge < -0.3 is 24.5 Å². The van der Waals surface area contributed by atoms with Crippen molar-refractivity contribution < 1.29 is 19.1 Å². The first kappa shape index (κ1) is 25.0. The van der Waals surface area contributed by atoms with Crippen LogP contribution in [-0.2, 0) is 25.9 Å². The first-order chi connectivity index (χ1) is 18.0. The molecule has 3 aromatic rings. The second-order valence-electron chi connectivity index (χ2n) is 8.99. The average molecular weight is 525 g/mol. The molecule has 0 aliphatic carbocycles. The van der Waals surface area contributed by atoms with Crippen molar-refractivity contribution in [1.82, 2.24) is 14.6 Å². The van der Waals surface area contributed by atoms with E-state index in [0.29, 0.717) is 72.0 Å². The van der Waals surface area contributed by atoms with E-state index in [4.69, 9.17) is 30.9 Å². The largest absolute Gasteiger partial charge is 0.486 e. The Balaban J connectivity index is 1.36. The van der Waals surface area contributed by atoms with Gasteiger partial charge in [0.15, 0.2) is 11.5 Å². The van der Waals surface area contributed by atoms with Gasteiger partial charge in [0, 0.05) is 30.1 Å². The molecule has 3 heterocycles. The fourth-order valence-corrected chi connectivity index (χ4v) is 4.91. The normalized spacial score (nSPS) is 14.2. The lowest BCUT2D eigenvalue weighted by Gasteiger charge is -2.29. The van der Waals surface area contributed by atoms with E-state index in [2.05, 4.69) is 12.2 Å². The zero-order valence-corrected chi connectivity index (χ0v) is 21.6. The van der Waals surface area contributed by atoms with Crippen molar-refractivity contribution in [3.05, 3.63) is 79.7 Å². The van der Waals surface area contributed by atoms with Crippen molar-refractivity contribution in [2.75, 3.05) is 32.2 Å². The molecule has 2 aliphatic heterocycles. The number of amides is 1. The van der Waals surface area contributed by atoms with Crippen molar-refractivity contribution in [3.63, 3.8) is 0 Å². The Hall–Kier alpha value is -3.72. The molecule has 194 valence electrons. The van der Waals surface area contributed by atoms with E-state index >= 15 is 0 Å². The smallest absolute Gasteiger partial charge is 0.293 e. The molecule has 1 N–H and O–H groups in total. The van der Waals surface area contributed by atoms with Crippen LogP contribution < -0.4 is 25.2 Å². The van der Waals surface area contributed by atoms with Gasteiger partial charge in [0.1, 0.15) is 20.3 Å². The van der Waals surface area contributed by atoms with Crippen molar-refractivity contribution in [2.24, 2.45) is 0 Å². The SMILES string of the molecule is CCCc1cc(Cl)ccc1CNc1nc2c(c(=O)n1OC)CN(C(=O)c1ccc3c(c1)OCCO3)CC2. The van der Waals surface area contributed by atoms with Crippen LogP contribution in [0.25, 0.3) is 0 Å². The summed E-state index contributed by atoms with van der Waals surface area (Å²) >= 11 is 6.18. The lowest BCUT2D eigenvalue weighted by atomic mass is 10.0. The maximum Gasteiger partial charge on any atom is 0.293 e. The first-order valence-corrected chi connectivity index (χ1v) is 12.8. The van der Waals surface area contributed by atoms with Gasteiger partial charge in [-0.05, 0) is 47.9 Å². The molecule has 0 radical (unpaired) electrons. The Kier molecular flexibility index (Phi) is 7.23. The minimum absolute atomic E-state index is 0.149. The number of halogens is 1. The molecular formula is C27H29ClN4O5. The van der Waals surface area contributed by atoms with Gasteiger partial charge in [-0.2, -0.15) is 0 Å². The number of nitrogens with one attached hydrogen (secondary N) is 1. The predicted octanol–water partition coefficient (Wildman–Crippen LogP) is 3.49. The van der Waals surface area contributed by atoms with E-state index in [1.54, 1.807) is 23.1 Å². The van der Waals surface area contributed by atoms with E-state index in [9.17, 15) is 9.59 Å². The Morgan fingerprint density at radius 2 is 1.95 bits per heavy atom. The Morgan fingerprint density at radius 1 is 1.14 bits per heavy atom. The van der Waals surface area contributed by atoms with Crippen molar-refractivity contribution in [1.29, 1.82) is 0 Å². The van der Waals surface area contributed by atoms with Crippen LogP contribution in [0.1, 0.15) is 46.1 Å². The van der Waals surface area contributed by atoms with Gasteiger partial charge in [0.2, 0.25) is 5.95 Å². The number of ether oxygens (including phenoxy) is 2. The molecule has 2 aliphatic rings. The number of rotatable bonds is 7. The number of nitrogens with zero attached hydrogens (tertiary/aromatic N) is 3. The summed E-state index contributed by atoms with van der Waals surface area (Å²) in [5, 5.41) is 3.95. The van der Waals surface area contributed by atoms with Gasteiger partial charge in [-0.25, -0.2) is 4.98 Å². The third-order valence-electron chi connectivity index (χ3n) is 6.58. The van der Waals surface area contributed by atoms with Crippen molar-refractivity contribution in [2.45, 2.75) is 39.3 Å². The van der Waals surface area contributed by atoms with Crippen LogP contribution in [0, 0.1) is 0 Å². The molecule has 0 bridgehead atoms. The topological polar surface area (TPSA) is 94.9 Å². The van der Waals surface area contributed by atoms with Gasteiger partial charge in [0.05, 0.1) is 17.8 Å². The number of anilines is 1. The van der Waals surface area contributed by atoms with E-state index < -0.39 is 0 Å². The van der Waals surface area contributed by atoms with E-state index in [-0.39, 0.29) is 18.0 Å². The second kappa shape index (κ2) is 10.7. The number of aromatic nitrogens is 2. The molecule has 0 atom stereocenters. The van der Waals surface area contributed by atoms with Crippen LogP contribution in [0.2, 0.25) is 5.02 Å². The predicted molar refractivity (Wildman–Crippen MR) is 140 cm³/mol. The summed E-state index contributed by atoms with van der Waals surface area (Å²) in [6, 6.07) is 11.0. The quantitative estimate of drug-likeness (QED) is 0.505. The van der Waals surface area contributed by atoms with Crippen molar-refractivity contribution in [3.8, 4) is 11.5 Å². The zero-order chi connectivity index (χ0) is 25.9. The van der Waals surface area contributed by atoms with Gasteiger partial charge >= 0.3 is 0 Å². The summed E-state index contributed by atoms with van der Waals surface area (Å²) in [7, 11) is 1.42. The van der Waals surface area contributed by atoms with Gasteiger partial charge in [-0.3, -0.25) is 9.59 Å². The van der Waals surface area contributed by atoms with Gasteiger partial charge in [-0.15, -0.1) is 4.73 Å². The Labute approximate surface area is 219 Å². The van der Waals surface area contributed by atoms with Crippen molar-refractivity contribution >= 4 is 23.5 Å². The minimum Gasteiger partial charge on any atom is -0.486 e. The molecule has 0 saturated heterocycles. The maximum absolute atomic E-state index is 13.4. The molecular weight excluding hydrogens is 496 g/mol. The molecule has 0 spiro atoms. The van der Waals surface area contributed by atoms with Crippen LogP contribution in [0.3, 0.4) is 0 Å². The van der Waals surface area contributed by atoms with Gasteiger partial charge in [-0.1, -0.05) is 31.0 Å². The molecule has 1 amide bonds. The Morgan fingerprint density at radius 3 is 2.73 bits per heavy atom. The first-order valence-electron chi connectivity index (χ1n) is 12.4. The molecule has 5 rings (SSSR count). The number of aryl methyl sites for hydroxylation is 1. The number of hydrogen-bond donors (Lipinski definition) is 1. The van der Waals surface area contributed by atoms with E-state index in [0.717, 1.165) is 28.7 Å². The zero-order valence-electron chi connectivity index (χ0n) is 20.9. The third-order valence-corrected chi connectivity index (χ3v) is 6.81. The lowest BCUT2D eigenvalue weighted by molar-refractivity contribution is 0.0727. The summed E-state index contributed by atoms with van der Waals surface area (Å²) in [5.41, 5.74) is 3.49. The summed E-state index contributed by atoms with van der Waals surface area (Å²) < 4.78 is 12.3. The third kappa shape index (κ3) is 5.09. The number of fused-ring (bicyclic) bond motifs is 2. The van der Waals surface area contributed by atoms with Crippen LogP contribution in [-0.4, -0.2) is 47.4 Å². The lowest BCUT2D eigenvalue weighted by Crippen LogP contribution is -2.42. The number of benzene rings is 2. The molecule has 37 heavy (non-hydrogen) atoms. The maximum atomic E-state index is 13.4. The summed E-state index contributed by atoms with van der Waals surface area (Å²) in [6.45, 7) is 4.11. The van der Waals surface area contributed by atoms with Crippen LogP contribution >= 0.6 is 11.6 Å². The standard InChI is InChI=1S/C27H29ClN4O5/c1-3-4-17-13-20(28)7-5-19(17)15-29-27-30-22-9-10-31(16-21(22)26(34)32(27)35-2)25(33)18-6-8-23-24(14-18)37-12-11-36-23/h5-8,13-14H,3-4,9-12,15-16H2,1-2H3,(H,29,30). The summed E-state index contributed by atoms with van der Waals surface area (Å²) in [5.74, 6) is 1.32. The summed E-state index contributed by atoms with van der Waals surface area (Å²) in [4.78, 5) is 38.3. The highest BCUT2D eigenvalue weighted by Crippen LogP contribution is 2.31. The molecule has 0 unspecified atom stereocenters. The molecule has 9 nitrogen and oxygen atoms in total. The number of hydrogen-bond acceptors (Lipinski definition) is 7. The number of carbonyl (C=O) groups is 1. The fourth-order valence-electron chi connectivity index (χ4n) is 4.72. The second-order valence-corrected chi connectivity index (χ2v) is 9.43. The molecule has 10 heteroatoms. The van der Waals surface area contributed by atoms with Crippen LogP contribution in [0.4, 0.5) is 5.95 Å². The van der Waals surface area contributed by atoms with Crippen LogP contribution in [0.5, 0.6) is 11.5 Å². The van der Waals surface area contributed by atoms with Gasteiger partial charge in [0.25, 0.3) is 11.5 Å². The monoisotopic (exact) mass is 524 g/mol. The minimum atomic E-state index is -0.334. The molecule has 0 fully saturated rings. The van der Waals surface area contributed by atoms with Crippen LogP contribution in [0.15, 0.2) is 41.2 Å².